The maximum atomic E-state index is 14.6. The van der Waals surface area contributed by atoms with Crippen LogP contribution < -0.4 is 5.73 Å². The Labute approximate surface area is 248 Å². The predicted molar refractivity (Wildman–Crippen MR) is 160 cm³/mol. The highest BCUT2D eigenvalue weighted by Gasteiger charge is 2.93. The van der Waals surface area contributed by atoms with Gasteiger partial charge in [0.05, 0.1) is 11.0 Å². The summed E-state index contributed by atoms with van der Waals surface area (Å²) in [5.74, 6) is 0.708. The first-order valence-corrected chi connectivity index (χ1v) is 16.1. The highest BCUT2D eigenvalue weighted by Crippen LogP contribution is 2.86. The van der Waals surface area contributed by atoms with E-state index in [2.05, 4.69) is 38.2 Å². The number of allylic oxidation sites excluding steroid dienone is 6. The Morgan fingerprint density at radius 3 is 2.76 bits per heavy atom. The molecule has 0 radical (unpaired) electrons. The Morgan fingerprint density at radius 1 is 1.17 bits per heavy atom. The molecule has 2 fully saturated rings. The number of fused-ring (bicyclic) bond motifs is 4. The minimum absolute atomic E-state index is 0.110. The number of nitrogens with two attached hydrogens (primary N) is 1. The monoisotopic (exact) mass is 569 g/mol. The predicted octanol–water partition coefficient (Wildman–Crippen LogP) is 6.96. The van der Waals surface area contributed by atoms with Crippen molar-refractivity contribution in [2.45, 2.75) is 84.2 Å². The fourth-order valence-corrected chi connectivity index (χ4v) is 10.1. The summed E-state index contributed by atoms with van der Waals surface area (Å²) in [6.07, 6.45) is 15.7. The quantitative estimate of drug-likeness (QED) is 0.209. The number of carbonyl (C=O) groups is 2. The summed E-state index contributed by atoms with van der Waals surface area (Å²) in [6, 6.07) is 6.03. The zero-order valence-electron chi connectivity index (χ0n) is 25.1. The summed E-state index contributed by atoms with van der Waals surface area (Å²) in [5, 5.41) is 11.6. The van der Waals surface area contributed by atoms with Gasteiger partial charge in [0.2, 0.25) is 0 Å². The molecule has 1 saturated carbocycles. The Bertz CT molecular complexity index is 1480. The van der Waals surface area contributed by atoms with Crippen molar-refractivity contribution in [1.82, 2.24) is 0 Å². The van der Waals surface area contributed by atoms with Crippen LogP contribution in [0.2, 0.25) is 0 Å². The number of aliphatic hydroxyl groups is 1. The van der Waals surface area contributed by atoms with Crippen molar-refractivity contribution in [1.29, 1.82) is 0 Å². The summed E-state index contributed by atoms with van der Waals surface area (Å²) in [7, 11) is 0. The van der Waals surface area contributed by atoms with Crippen LogP contribution in [-0.2, 0) is 26.3 Å². The molecule has 222 valence electrons. The van der Waals surface area contributed by atoms with Crippen molar-refractivity contribution in [3.05, 3.63) is 81.9 Å². The molecular formula is C36H43NO5. The Kier molecular flexibility index (Phi) is 6.40. The van der Waals surface area contributed by atoms with Crippen LogP contribution in [0.1, 0.15) is 93.6 Å². The fraction of sp³-hybridized carbons (Fsp3) is 0.556. The summed E-state index contributed by atoms with van der Waals surface area (Å²) in [5.41, 5.74) is 7.54. The molecule has 1 saturated heterocycles. The average molecular weight is 570 g/mol. The topological polar surface area (TPSA) is 98.9 Å². The molecule has 7 atom stereocenters. The Hall–Kier alpha value is -3.12. The van der Waals surface area contributed by atoms with Crippen LogP contribution in [0.15, 0.2) is 65.2 Å². The van der Waals surface area contributed by atoms with Gasteiger partial charge < -0.3 is 20.3 Å². The second-order valence-electron chi connectivity index (χ2n) is 13.4. The van der Waals surface area contributed by atoms with E-state index < -0.39 is 16.4 Å². The lowest BCUT2D eigenvalue weighted by atomic mass is 9.29. The lowest BCUT2D eigenvalue weighted by molar-refractivity contribution is -0.275. The molecule has 2 aliphatic heterocycles. The molecule has 2 heterocycles. The minimum Gasteiger partial charge on any atom is -0.509 e. The maximum absolute atomic E-state index is 14.6. The molecule has 6 heteroatoms. The number of rotatable bonds is 7. The largest absolute Gasteiger partial charge is 0.509 e. The first kappa shape index (κ1) is 27.7. The first-order chi connectivity index (χ1) is 20.3. The number of cyclic esters (lactones) is 1. The van der Waals surface area contributed by atoms with E-state index in [9.17, 15) is 14.7 Å². The van der Waals surface area contributed by atoms with Gasteiger partial charge >= 0.3 is 11.9 Å². The number of hydrogen-bond donors (Lipinski definition) is 2. The van der Waals surface area contributed by atoms with Crippen molar-refractivity contribution in [3.8, 4) is 0 Å². The normalized spacial score (nSPS) is 38.3. The third kappa shape index (κ3) is 3.04. The van der Waals surface area contributed by atoms with Crippen molar-refractivity contribution in [3.63, 3.8) is 0 Å². The van der Waals surface area contributed by atoms with Crippen LogP contribution in [0.3, 0.4) is 0 Å². The average Bonchev–Trinajstić information content (AvgIpc) is 3.44. The first-order valence-electron chi connectivity index (χ1n) is 16.1. The van der Waals surface area contributed by atoms with E-state index in [0.29, 0.717) is 61.8 Å². The third-order valence-electron chi connectivity index (χ3n) is 11.6. The van der Waals surface area contributed by atoms with E-state index in [1.54, 1.807) is 0 Å². The molecular weight excluding hydrogens is 526 g/mol. The number of esters is 2. The Morgan fingerprint density at radius 2 is 2.00 bits per heavy atom. The molecule has 3 N–H and O–H groups in total. The van der Waals surface area contributed by atoms with E-state index >= 15 is 0 Å². The molecule has 6 aliphatic rings. The summed E-state index contributed by atoms with van der Waals surface area (Å²) < 4.78 is 13.0. The SMILES string of the molecule is CCCC(O)=C1OC(=O)C23C4=C(CCC12C1(OC(=O)c2c(CCCN)cccc21)C3CCC)C1C=CCC(C)C1C=C4. The smallest absolute Gasteiger partial charge is 0.339 e. The van der Waals surface area contributed by atoms with Gasteiger partial charge in [-0.2, -0.15) is 0 Å². The molecule has 0 aromatic heterocycles. The molecule has 42 heavy (non-hydrogen) atoms. The van der Waals surface area contributed by atoms with Gasteiger partial charge in [-0.15, -0.1) is 0 Å². The van der Waals surface area contributed by atoms with Gasteiger partial charge in [0.1, 0.15) is 11.2 Å². The molecule has 6 nitrogen and oxygen atoms in total. The highest BCUT2D eigenvalue weighted by atomic mass is 16.6. The number of ether oxygens (including phenoxy) is 2. The van der Waals surface area contributed by atoms with E-state index in [4.69, 9.17) is 15.2 Å². The van der Waals surface area contributed by atoms with Crippen molar-refractivity contribution < 1.29 is 24.2 Å². The van der Waals surface area contributed by atoms with Gasteiger partial charge in [0.15, 0.2) is 11.4 Å². The second-order valence-corrected chi connectivity index (χ2v) is 13.4. The van der Waals surface area contributed by atoms with Crippen molar-refractivity contribution in [2.75, 3.05) is 6.54 Å². The van der Waals surface area contributed by atoms with Gasteiger partial charge in [0, 0.05) is 23.8 Å². The standard InChI is InChI=1S/C36H43NO5/c1-4-9-28(38)31-34-19-18-25-24-14-6-11-21(3)23(24)16-17-26(25)35(34,33(40)41-31)29(10-5-2)36(34)27-15-7-12-22(13-8-20-37)30(27)32(39)42-36/h6-7,12,14-17,21,23-24,29,38H,4-5,8-11,13,18-20,37H2,1-3H3. The lowest BCUT2D eigenvalue weighted by Gasteiger charge is -2.71. The van der Waals surface area contributed by atoms with Crippen molar-refractivity contribution in [2.24, 2.45) is 40.2 Å². The van der Waals surface area contributed by atoms with E-state index in [1.165, 1.54) is 5.57 Å². The third-order valence-corrected chi connectivity index (χ3v) is 11.6. The van der Waals surface area contributed by atoms with Crippen LogP contribution in [0, 0.1) is 34.5 Å². The molecule has 1 aromatic carbocycles. The molecule has 0 amide bonds. The summed E-state index contributed by atoms with van der Waals surface area (Å²) in [6.45, 7) is 6.98. The zero-order valence-corrected chi connectivity index (χ0v) is 25.1. The van der Waals surface area contributed by atoms with Gasteiger partial charge in [-0.25, -0.2) is 4.79 Å². The van der Waals surface area contributed by atoms with Crippen LogP contribution >= 0.6 is 0 Å². The zero-order chi connectivity index (χ0) is 29.4. The molecule has 1 aromatic rings. The molecule has 7 rings (SSSR count). The second kappa shape index (κ2) is 9.70. The van der Waals surface area contributed by atoms with Crippen LogP contribution in [0.25, 0.3) is 0 Å². The van der Waals surface area contributed by atoms with Crippen LogP contribution in [-0.4, -0.2) is 23.6 Å². The van der Waals surface area contributed by atoms with Crippen molar-refractivity contribution >= 4 is 11.9 Å². The molecule has 4 aliphatic carbocycles. The number of aryl methyl sites for hydroxylation is 1. The lowest BCUT2D eigenvalue weighted by Crippen LogP contribution is -2.77. The van der Waals surface area contributed by atoms with Crippen LogP contribution in [0.5, 0.6) is 0 Å². The highest BCUT2D eigenvalue weighted by molar-refractivity contribution is 6.00. The summed E-state index contributed by atoms with van der Waals surface area (Å²) >= 11 is 0. The molecule has 1 spiro atoms. The minimum atomic E-state index is -1.09. The molecule has 7 unspecified atom stereocenters. The number of aliphatic hydroxyl groups excluding tert-OH is 1. The Balaban J connectivity index is 1.52. The van der Waals surface area contributed by atoms with E-state index in [0.717, 1.165) is 42.4 Å². The number of carbonyl (C=O) groups excluding carboxylic acids is 2. The molecule has 0 bridgehead atoms. The number of hydrogen-bond acceptors (Lipinski definition) is 6. The van der Waals surface area contributed by atoms with Gasteiger partial charge in [-0.05, 0) is 74.5 Å². The van der Waals surface area contributed by atoms with Crippen LogP contribution in [0.4, 0.5) is 0 Å². The maximum Gasteiger partial charge on any atom is 0.339 e. The van der Waals surface area contributed by atoms with E-state index in [1.807, 2.05) is 25.1 Å². The van der Waals surface area contributed by atoms with E-state index in [-0.39, 0.29) is 29.5 Å². The fourth-order valence-electron chi connectivity index (χ4n) is 10.1. The van der Waals surface area contributed by atoms with Gasteiger partial charge in [-0.1, -0.05) is 75.3 Å². The number of benzene rings is 1. The van der Waals surface area contributed by atoms with Gasteiger partial charge in [-0.3, -0.25) is 4.79 Å². The summed E-state index contributed by atoms with van der Waals surface area (Å²) in [4.78, 5) is 28.6. The van der Waals surface area contributed by atoms with Gasteiger partial charge in [0.25, 0.3) is 0 Å².